The first-order valence-electron chi connectivity index (χ1n) is 9.56. The molecule has 0 aliphatic carbocycles. The number of methoxy groups -OCH3 is 1. The highest BCUT2D eigenvalue weighted by Gasteiger charge is 2.22. The number of benzene rings is 1. The molecule has 0 bridgehead atoms. The van der Waals surface area contributed by atoms with Crippen molar-refractivity contribution >= 4 is 5.82 Å². The maximum atomic E-state index is 5.26. The van der Waals surface area contributed by atoms with Gasteiger partial charge in [-0.25, -0.2) is 4.98 Å². The van der Waals surface area contributed by atoms with E-state index in [-0.39, 0.29) is 0 Å². The van der Waals surface area contributed by atoms with Gasteiger partial charge >= 0.3 is 0 Å². The smallest absolute Gasteiger partial charge is 0.155 e. The fourth-order valence-corrected chi connectivity index (χ4v) is 3.57. The topological polar surface area (TPSA) is 59.3 Å². The summed E-state index contributed by atoms with van der Waals surface area (Å²) < 4.78 is 7.20. The molecule has 28 heavy (non-hydrogen) atoms. The van der Waals surface area contributed by atoms with Crippen LogP contribution >= 0.6 is 0 Å². The summed E-state index contributed by atoms with van der Waals surface area (Å²) in [5.74, 6) is 1.79. The van der Waals surface area contributed by atoms with E-state index >= 15 is 0 Å². The third-order valence-corrected chi connectivity index (χ3v) is 5.45. The molecule has 1 fully saturated rings. The molecule has 146 valence electrons. The largest absolute Gasteiger partial charge is 0.497 e. The standard InChI is InChI=1S/C21H26N6O/c1-16-18(14-24-25(16)2)15-26-10-12-27(13-11-26)21-20(22-8-9-23-21)17-4-6-19(28-3)7-5-17/h4-9,14H,10-13,15H2,1-3H3. The quantitative estimate of drug-likeness (QED) is 0.680. The summed E-state index contributed by atoms with van der Waals surface area (Å²) in [7, 11) is 3.67. The van der Waals surface area contributed by atoms with E-state index in [4.69, 9.17) is 4.74 Å². The van der Waals surface area contributed by atoms with Crippen LogP contribution in [-0.2, 0) is 13.6 Å². The van der Waals surface area contributed by atoms with Crippen LogP contribution in [0, 0.1) is 6.92 Å². The summed E-state index contributed by atoms with van der Waals surface area (Å²) in [5.41, 5.74) is 4.51. The average Bonchev–Trinajstić information content (AvgIpc) is 3.06. The summed E-state index contributed by atoms with van der Waals surface area (Å²) in [6, 6.07) is 7.99. The Morgan fingerprint density at radius 3 is 2.36 bits per heavy atom. The molecule has 0 atom stereocenters. The minimum Gasteiger partial charge on any atom is -0.497 e. The number of ether oxygens (including phenoxy) is 1. The Morgan fingerprint density at radius 1 is 1.00 bits per heavy atom. The van der Waals surface area contributed by atoms with Crippen molar-refractivity contribution < 1.29 is 4.74 Å². The van der Waals surface area contributed by atoms with E-state index in [2.05, 4.69) is 31.8 Å². The molecular weight excluding hydrogens is 352 g/mol. The molecule has 0 radical (unpaired) electrons. The van der Waals surface area contributed by atoms with Gasteiger partial charge in [0.15, 0.2) is 5.82 Å². The molecular formula is C21H26N6O. The molecule has 4 rings (SSSR count). The lowest BCUT2D eigenvalue weighted by molar-refractivity contribution is 0.249. The molecule has 3 aromatic rings. The molecule has 1 aliphatic rings. The predicted octanol–water partition coefficient (Wildman–Crippen LogP) is 2.52. The van der Waals surface area contributed by atoms with Gasteiger partial charge in [0.05, 0.1) is 13.3 Å². The molecule has 1 saturated heterocycles. The molecule has 7 nitrogen and oxygen atoms in total. The maximum Gasteiger partial charge on any atom is 0.155 e. The van der Waals surface area contributed by atoms with Crippen molar-refractivity contribution in [2.45, 2.75) is 13.5 Å². The fraction of sp³-hybridized carbons (Fsp3) is 0.381. The zero-order valence-electron chi connectivity index (χ0n) is 16.7. The Balaban J connectivity index is 1.47. The van der Waals surface area contributed by atoms with E-state index in [9.17, 15) is 0 Å². The van der Waals surface area contributed by atoms with Gasteiger partial charge in [-0.05, 0) is 31.2 Å². The average molecular weight is 378 g/mol. The second-order valence-electron chi connectivity index (χ2n) is 7.10. The van der Waals surface area contributed by atoms with E-state index in [0.717, 1.165) is 55.5 Å². The normalized spacial score (nSPS) is 15.0. The molecule has 0 spiro atoms. The van der Waals surface area contributed by atoms with E-state index in [1.54, 1.807) is 19.5 Å². The number of aromatic nitrogens is 4. The first-order chi connectivity index (χ1) is 13.7. The van der Waals surface area contributed by atoms with Gasteiger partial charge in [-0.1, -0.05) is 0 Å². The Bertz CT molecular complexity index is 928. The Hall–Kier alpha value is -2.93. The monoisotopic (exact) mass is 378 g/mol. The molecule has 1 aromatic carbocycles. The van der Waals surface area contributed by atoms with Crippen molar-refractivity contribution in [2.75, 3.05) is 38.2 Å². The van der Waals surface area contributed by atoms with Crippen LogP contribution in [0.5, 0.6) is 5.75 Å². The molecule has 0 unspecified atom stereocenters. The van der Waals surface area contributed by atoms with Gasteiger partial charge in [0.1, 0.15) is 11.4 Å². The molecule has 7 heteroatoms. The minimum absolute atomic E-state index is 0.841. The summed E-state index contributed by atoms with van der Waals surface area (Å²) in [5, 5.41) is 4.35. The van der Waals surface area contributed by atoms with Gasteiger partial charge in [-0.3, -0.25) is 14.6 Å². The van der Waals surface area contributed by atoms with E-state index in [1.807, 2.05) is 42.2 Å². The van der Waals surface area contributed by atoms with Crippen LogP contribution in [-0.4, -0.2) is 57.9 Å². The van der Waals surface area contributed by atoms with Gasteiger partial charge in [0, 0.05) is 69.0 Å². The molecule has 0 amide bonds. The molecule has 0 saturated carbocycles. The van der Waals surface area contributed by atoms with Crippen LogP contribution in [0.25, 0.3) is 11.3 Å². The summed E-state index contributed by atoms with van der Waals surface area (Å²) in [4.78, 5) is 14.1. The summed E-state index contributed by atoms with van der Waals surface area (Å²) in [6.45, 7) is 6.92. The number of anilines is 1. The van der Waals surface area contributed by atoms with E-state index < -0.39 is 0 Å². The highest BCUT2D eigenvalue weighted by Crippen LogP contribution is 2.28. The Labute approximate surface area is 165 Å². The lowest BCUT2D eigenvalue weighted by Gasteiger charge is -2.35. The number of aryl methyl sites for hydroxylation is 1. The molecule has 1 aliphatic heterocycles. The predicted molar refractivity (Wildman–Crippen MR) is 109 cm³/mol. The zero-order chi connectivity index (χ0) is 19.5. The second kappa shape index (κ2) is 7.98. The molecule has 0 N–H and O–H groups in total. The van der Waals surface area contributed by atoms with Crippen LogP contribution in [0.1, 0.15) is 11.3 Å². The highest BCUT2D eigenvalue weighted by atomic mass is 16.5. The van der Waals surface area contributed by atoms with Crippen molar-refractivity contribution in [1.29, 1.82) is 0 Å². The lowest BCUT2D eigenvalue weighted by Crippen LogP contribution is -2.46. The number of rotatable bonds is 5. The van der Waals surface area contributed by atoms with Crippen molar-refractivity contribution in [3.05, 3.63) is 54.1 Å². The van der Waals surface area contributed by atoms with Crippen molar-refractivity contribution in [3.8, 4) is 17.0 Å². The Morgan fingerprint density at radius 2 is 1.71 bits per heavy atom. The van der Waals surface area contributed by atoms with Crippen LogP contribution < -0.4 is 9.64 Å². The summed E-state index contributed by atoms with van der Waals surface area (Å²) >= 11 is 0. The SMILES string of the molecule is COc1ccc(-c2nccnc2N2CCN(Cc3cnn(C)c3C)CC2)cc1. The zero-order valence-corrected chi connectivity index (χ0v) is 16.7. The van der Waals surface area contributed by atoms with Crippen LogP contribution in [0.3, 0.4) is 0 Å². The third kappa shape index (κ3) is 3.71. The van der Waals surface area contributed by atoms with Crippen LogP contribution in [0.4, 0.5) is 5.82 Å². The van der Waals surface area contributed by atoms with Crippen molar-refractivity contribution in [1.82, 2.24) is 24.6 Å². The van der Waals surface area contributed by atoms with Crippen molar-refractivity contribution in [2.24, 2.45) is 7.05 Å². The van der Waals surface area contributed by atoms with Crippen molar-refractivity contribution in [3.63, 3.8) is 0 Å². The number of hydrogen-bond donors (Lipinski definition) is 0. The maximum absolute atomic E-state index is 5.26. The second-order valence-corrected chi connectivity index (χ2v) is 7.10. The van der Waals surface area contributed by atoms with E-state index in [0.29, 0.717) is 0 Å². The van der Waals surface area contributed by atoms with Gasteiger partial charge < -0.3 is 9.64 Å². The first kappa shape index (κ1) is 18.4. The molecule has 3 heterocycles. The molecule has 2 aromatic heterocycles. The third-order valence-electron chi connectivity index (χ3n) is 5.45. The minimum atomic E-state index is 0.841. The van der Waals surface area contributed by atoms with Crippen LogP contribution in [0.15, 0.2) is 42.9 Å². The van der Waals surface area contributed by atoms with Gasteiger partial charge in [0.25, 0.3) is 0 Å². The lowest BCUT2D eigenvalue weighted by atomic mass is 10.1. The summed E-state index contributed by atoms with van der Waals surface area (Å²) in [6.07, 6.45) is 5.50. The van der Waals surface area contributed by atoms with E-state index in [1.165, 1.54) is 11.3 Å². The van der Waals surface area contributed by atoms with Crippen LogP contribution in [0.2, 0.25) is 0 Å². The fourth-order valence-electron chi connectivity index (χ4n) is 3.57. The number of piperazine rings is 1. The highest BCUT2D eigenvalue weighted by molar-refractivity contribution is 5.72. The van der Waals surface area contributed by atoms with Gasteiger partial charge in [-0.2, -0.15) is 5.10 Å². The number of hydrogen-bond acceptors (Lipinski definition) is 6. The van der Waals surface area contributed by atoms with Gasteiger partial charge in [0.2, 0.25) is 0 Å². The Kier molecular flexibility index (Phi) is 5.25. The number of nitrogens with zero attached hydrogens (tertiary/aromatic N) is 6. The first-order valence-corrected chi connectivity index (χ1v) is 9.56. The van der Waals surface area contributed by atoms with Gasteiger partial charge in [-0.15, -0.1) is 0 Å².